The Kier molecular flexibility index (Phi) is 2.53. The summed E-state index contributed by atoms with van der Waals surface area (Å²) < 4.78 is 18.1. The highest BCUT2D eigenvalue weighted by molar-refractivity contribution is 5.52. The van der Waals surface area contributed by atoms with E-state index in [9.17, 15) is 4.39 Å². The third-order valence-electron chi connectivity index (χ3n) is 1.94. The van der Waals surface area contributed by atoms with Crippen LogP contribution in [0.15, 0.2) is 35.0 Å². The van der Waals surface area contributed by atoms with Gasteiger partial charge in [-0.05, 0) is 18.2 Å². The smallest absolute Gasteiger partial charge is 0.155 e. The average molecular weight is 207 g/mol. The largest absolute Gasteiger partial charge is 0.399 e. The second-order valence-corrected chi connectivity index (χ2v) is 3.07. The Labute approximate surface area is 85.9 Å². The highest BCUT2D eigenvalue weighted by atomic mass is 19.1. The van der Waals surface area contributed by atoms with Gasteiger partial charge in [0.15, 0.2) is 5.76 Å². The number of aromatic nitrogens is 1. The van der Waals surface area contributed by atoms with Crippen molar-refractivity contribution >= 4 is 11.4 Å². The van der Waals surface area contributed by atoms with E-state index in [0.29, 0.717) is 23.7 Å². The molecule has 2 rings (SSSR count). The van der Waals surface area contributed by atoms with E-state index in [4.69, 9.17) is 10.3 Å². The Morgan fingerprint density at radius 3 is 2.93 bits per heavy atom. The SMILES string of the molecule is Nc1ccc(NCc2ccno2)c(F)c1. The van der Waals surface area contributed by atoms with Crippen molar-refractivity contribution in [1.29, 1.82) is 0 Å². The first-order valence-electron chi connectivity index (χ1n) is 4.44. The summed E-state index contributed by atoms with van der Waals surface area (Å²) in [6, 6.07) is 6.19. The van der Waals surface area contributed by atoms with E-state index in [-0.39, 0.29) is 5.82 Å². The number of rotatable bonds is 3. The zero-order valence-electron chi connectivity index (χ0n) is 7.90. The van der Waals surface area contributed by atoms with Gasteiger partial charge in [0, 0.05) is 11.8 Å². The summed E-state index contributed by atoms with van der Waals surface area (Å²) in [6.07, 6.45) is 1.54. The zero-order valence-corrected chi connectivity index (χ0v) is 7.90. The molecule has 0 aliphatic rings. The molecular weight excluding hydrogens is 197 g/mol. The number of nitrogens with one attached hydrogen (secondary N) is 1. The van der Waals surface area contributed by atoms with Gasteiger partial charge in [0.25, 0.3) is 0 Å². The molecule has 0 aliphatic carbocycles. The van der Waals surface area contributed by atoms with Crippen LogP contribution in [-0.4, -0.2) is 5.16 Å². The van der Waals surface area contributed by atoms with Crippen molar-refractivity contribution in [3.8, 4) is 0 Å². The first-order chi connectivity index (χ1) is 7.25. The maximum absolute atomic E-state index is 13.3. The van der Waals surface area contributed by atoms with Crippen LogP contribution in [0.3, 0.4) is 0 Å². The van der Waals surface area contributed by atoms with Gasteiger partial charge in [-0.25, -0.2) is 4.39 Å². The number of nitrogens with two attached hydrogens (primary N) is 1. The van der Waals surface area contributed by atoms with Crippen LogP contribution < -0.4 is 11.1 Å². The second-order valence-electron chi connectivity index (χ2n) is 3.07. The van der Waals surface area contributed by atoms with Crippen LogP contribution in [0.2, 0.25) is 0 Å². The molecule has 3 N–H and O–H groups in total. The van der Waals surface area contributed by atoms with Crippen LogP contribution in [0.25, 0.3) is 0 Å². The minimum atomic E-state index is -0.380. The summed E-state index contributed by atoms with van der Waals surface area (Å²) in [6.45, 7) is 0.390. The van der Waals surface area contributed by atoms with Crippen LogP contribution in [0.4, 0.5) is 15.8 Å². The van der Waals surface area contributed by atoms with Gasteiger partial charge < -0.3 is 15.6 Å². The van der Waals surface area contributed by atoms with Crippen molar-refractivity contribution in [2.45, 2.75) is 6.54 Å². The third-order valence-corrected chi connectivity index (χ3v) is 1.94. The fraction of sp³-hybridized carbons (Fsp3) is 0.100. The van der Waals surface area contributed by atoms with Gasteiger partial charge in [-0.3, -0.25) is 0 Å². The molecule has 15 heavy (non-hydrogen) atoms. The van der Waals surface area contributed by atoms with Crippen molar-refractivity contribution in [2.24, 2.45) is 0 Å². The normalized spacial score (nSPS) is 10.2. The Morgan fingerprint density at radius 2 is 2.27 bits per heavy atom. The fourth-order valence-corrected chi connectivity index (χ4v) is 1.19. The summed E-state index contributed by atoms with van der Waals surface area (Å²) in [5.74, 6) is 0.265. The molecular formula is C10H10FN3O. The third kappa shape index (κ3) is 2.25. The molecule has 0 saturated carbocycles. The summed E-state index contributed by atoms with van der Waals surface area (Å²) in [5, 5.41) is 6.42. The van der Waals surface area contributed by atoms with Crippen LogP contribution in [0, 0.1) is 5.82 Å². The van der Waals surface area contributed by atoms with E-state index in [1.165, 1.54) is 12.3 Å². The minimum Gasteiger partial charge on any atom is -0.399 e. The van der Waals surface area contributed by atoms with Crippen molar-refractivity contribution in [3.63, 3.8) is 0 Å². The molecule has 5 heteroatoms. The maximum atomic E-state index is 13.3. The molecule has 0 aliphatic heterocycles. The van der Waals surface area contributed by atoms with Gasteiger partial charge in [-0.15, -0.1) is 0 Å². The highest BCUT2D eigenvalue weighted by Crippen LogP contribution is 2.17. The lowest BCUT2D eigenvalue weighted by Gasteiger charge is -2.05. The van der Waals surface area contributed by atoms with Crippen LogP contribution >= 0.6 is 0 Å². The first kappa shape index (κ1) is 9.51. The Hall–Kier alpha value is -2.04. The minimum absolute atomic E-state index is 0.380. The van der Waals surface area contributed by atoms with Gasteiger partial charge in [0.2, 0.25) is 0 Å². The van der Waals surface area contributed by atoms with Crippen molar-refractivity contribution < 1.29 is 8.91 Å². The number of nitrogens with zero attached hydrogens (tertiary/aromatic N) is 1. The quantitative estimate of drug-likeness (QED) is 0.755. The van der Waals surface area contributed by atoms with E-state index in [1.807, 2.05) is 0 Å². The van der Waals surface area contributed by atoms with Crippen LogP contribution in [0.1, 0.15) is 5.76 Å². The molecule has 0 bridgehead atoms. The molecule has 0 radical (unpaired) electrons. The Bertz CT molecular complexity index is 442. The van der Waals surface area contributed by atoms with E-state index in [2.05, 4.69) is 10.5 Å². The molecule has 0 saturated heterocycles. The van der Waals surface area contributed by atoms with Crippen LogP contribution in [-0.2, 0) is 6.54 Å². The number of hydrogen-bond donors (Lipinski definition) is 2. The highest BCUT2D eigenvalue weighted by Gasteiger charge is 2.03. The zero-order chi connectivity index (χ0) is 10.7. The van der Waals surface area contributed by atoms with E-state index in [1.54, 1.807) is 18.2 Å². The number of nitrogen functional groups attached to an aromatic ring is 1. The van der Waals surface area contributed by atoms with E-state index in [0.717, 1.165) is 0 Å². The molecule has 1 aromatic heterocycles. The molecule has 78 valence electrons. The molecule has 1 heterocycles. The predicted octanol–water partition coefficient (Wildman–Crippen LogP) is 2.01. The number of anilines is 2. The summed E-state index contributed by atoms with van der Waals surface area (Å²) >= 11 is 0. The Balaban J connectivity index is 2.05. The lowest BCUT2D eigenvalue weighted by atomic mass is 10.2. The lowest BCUT2D eigenvalue weighted by Crippen LogP contribution is -2.01. The number of benzene rings is 1. The molecule has 2 aromatic rings. The summed E-state index contributed by atoms with van der Waals surface area (Å²) in [4.78, 5) is 0. The molecule has 0 fully saturated rings. The molecule has 4 nitrogen and oxygen atoms in total. The first-order valence-corrected chi connectivity index (χ1v) is 4.44. The second kappa shape index (κ2) is 4.00. The number of hydrogen-bond acceptors (Lipinski definition) is 4. The molecule has 0 unspecified atom stereocenters. The van der Waals surface area contributed by atoms with Gasteiger partial charge in [-0.2, -0.15) is 0 Å². The summed E-state index contributed by atoms with van der Waals surface area (Å²) in [7, 11) is 0. The summed E-state index contributed by atoms with van der Waals surface area (Å²) in [5.41, 5.74) is 6.21. The standard InChI is InChI=1S/C10H10FN3O/c11-9-5-7(12)1-2-10(9)13-6-8-3-4-14-15-8/h1-5,13H,6,12H2. The molecule has 0 atom stereocenters. The monoisotopic (exact) mass is 207 g/mol. The molecule has 1 aromatic carbocycles. The topological polar surface area (TPSA) is 64.1 Å². The molecule has 0 spiro atoms. The van der Waals surface area contributed by atoms with Gasteiger partial charge >= 0.3 is 0 Å². The Morgan fingerprint density at radius 1 is 1.40 bits per heavy atom. The maximum Gasteiger partial charge on any atom is 0.155 e. The lowest BCUT2D eigenvalue weighted by molar-refractivity contribution is 0.388. The predicted molar refractivity (Wildman–Crippen MR) is 54.6 cm³/mol. The van der Waals surface area contributed by atoms with Crippen molar-refractivity contribution in [3.05, 3.63) is 42.0 Å². The van der Waals surface area contributed by atoms with Gasteiger partial charge in [-0.1, -0.05) is 5.16 Å². The van der Waals surface area contributed by atoms with Crippen LogP contribution in [0.5, 0.6) is 0 Å². The van der Waals surface area contributed by atoms with Gasteiger partial charge in [0.1, 0.15) is 5.82 Å². The van der Waals surface area contributed by atoms with Crippen molar-refractivity contribution in [1.82, 2.24) is 5.16 Å². The van der Waals surface area contributed by atoms with E-state index >= 15 is 0 Å². The van der Waals surface area contributed by atoms with Gasteiger partial charge in [0.05, 0.1) is 18.4 Å². The number of halogens is 1. The van der Waals surface area contributed by atoms with Crippen molar-refractivity contribution in [2.75, 3.05) is 11.1 Å². The van der Waals surface area contributed by atoms with E-state index < -0.39 is 0 Å². The fourth-order valence-electron chi connectivity index (χ4n) is 1.19. The average Bonchev–Trinajstić information content (AvgIpc) is 2.69. The molecule has 0 amide bonds.